The normalized spacial score (nSPS) is 10.6. The first-order chi connectivity index (χ1) is 10.1. The summed E-state index contributed by atoms with van der Waals surface area (Å²) < 4.78 is 5.39. The van der Waals surface area contributed by atoms with Gasteiger partial charge in [0, 0.05) is 10.6 Å². The molecule has 0 bridgehead atoms. The Hall–Kier alpha value is -2.40. The Kier molecular flexibility index (Phi) is 3.58. The van der Waals surface area contributed by atoms with Crippen molar-refractivity contribution in [2.45, 2.75) is 13.8 Å². The van der Waals surface area contributed by atoms with E-state index in [-0.39, 0.29) is 5.91 Å². The van der Waals surface area contributed by atoms with E-state index < -0.39 is 0 Å². The highest BCUT2D eigenvalue weighted by molar-refractivity contribution is 7.15. The number of hydrogen-bond donors (Lipinski definition) is 1. The van der Waals surface area contributed by atoms with E-state index in [0.717, 1.165) is 21.0 Å². The van der Waals surface area contributed by atoms with Crippen LogP contribution in [0.1, 0.15) is 20.9 Å². The molecular formula is C16H14N2O2S. The van der Waals surface area contributed by atoms with Crippen LogP contribution in [0.3, 0.4) is 0 Å². The monoisotopic (exact) mass is 298 g/mol. The maximum absolute atomic E-state index is 12.4. The third-order valence-electron chi connectivity index (χ3n) is 3.14. The quantitative estimate of drug-likeness (QED) is 0.785. The van der Waals surface area contributed by atoms with Crippen molar-refractivity contribution in [2.24, 2.45) is 0 Å². The lowest BCUT2D eigenvalue weighted by Crippen LogP contribution is -2.14. The Bertz CT molecular complexity index is 789. The van der Waals surface area contributed by atoms with Gasteiger partial charge in [-0.3, -0.25) is 4.79 Å². The zero-order chi connectivity index (χ0) is 14.8. The maximum Gasteiger partial charge on any atom is 0.278 e. The van der Waals surface area contributed by atoms with Gasteiger partial charge >= 0.3 is 0 Å². The molecule has 0 aliphatic heterocycles. The number of amides is 1. The molecule has 1 aromatic carbocycles. The summed E-state index contributed by atoms with van der Waals surface area (Å²) in [7, 11) is 0. The topological polar surface area (TPSA) is 55.1 Å². The fourth-order valence-electron chi connectivity index (χ4n) is 2.03. The zero-order valence-corrected chi connectivity index (χ0v) is 12.5. The van der Waals surface area contributed by atoms with Crippen LogP contribution < -0.4 is 5.32 Å². The lowest BCUT2D eigenvalue weighted by Gasteiger charge is -2.06. The van der Waals surface area contributed by atoms with Crippen LogP contribution in [0.15, 0.2) is 47.2 Å². The van der Waals surface area contributed by atoms with Gasteiger partial charge in [0.1, 0.15) is 0 Å². The molecule has 106 valence electrons. The Labute approximate surface area is 126 Å². The molecule has 0 radical (unpaired) electrons. The summed E-state index contributed by atoms with van der Waals surface area (Å²) in [6.45, 7) is 3.96. The van der Waals surface area contributed by atoms with Crippen molar-refractivity contribution in [3.8, 4) is 10.6 Å². The molecule has 0 fully saturated rings. The summed E-state index contributed by atoms with van der Waals surface area (Å²) in [5.74, 6) is 0.248. The summed E-state index contributed by atoms with van der Waals surface area (Å²) in [5.41, 5.74) is 2.08. The number of carbonyl (C=O) groups excluding carboxylic acids is 1. The highest BCUT2D eigenvalue weighted by atomic mass is 32.1. The lowest BCUT2D eigenvalue weighted by molar-refractivity contribution is 0.102. The van der Waals surface area contributed by atoms with Gasteiger partial charge in [-0.05, 0) is 37.6 Å². The van der Waals surface area contributed by atoms with Crippen LogP contribution in [0, 0.1) is 13.8 Å². The third-order valence-corrected chi connectivity index (χ3v) is 4.14. The van der Waals surface area contributed by atoms with E-state index in [1.54, 1.807) is 11.3 Å². The summed E-state index contributed by atoms with van der Waals surface area (Å²) >= 11 is 1.57. The van der Waals surface area contributed by atoms with Crippen molar-refractivity contribution in [3.05, 3.63) is 58.9 Å². The van der Waals surface area contributed by atoms with Gasteiger partial charge in [0.05, 0.1) is 4.88 Å². The number of carbonyl (C=O) groups is 1. The largest absolute Gasteiger partial charge is 0.442 e. The number of rotatable bonds is 3. The summed E-state index contributed by atoms with van der Waals surface area (Å²) in [5, 5.41) is 2.87. The zero-order valence-electron chi connectivity index (χ0n) is 11.7. The van der Waals surface area contributed by atoms with E-state index in [0.29, 0.717) is 11.5 Å². The van der Waals surface area contributed by atoms with Gasteiger partial charge in [0.15, 0.2) is 17.8 Å². The first-order valence-electron chi connectivity index (χ1n) is 6.52. The molecule has 0 unspecified atom stereocenters. The van der Waals surface area contributed by atoms with E-state index in [9.17, 15) is 4.79 Å². The second-order valence-corrected chi connectivity index (χ2v) is 6.00. The second-order valence-electron chi connectivity index (χ2n) is 4.71. The van der Waals surface area contributed by atoms with Crippen LogP contribution in [0.5, 0.6) is 0 Å². The van der Waals surface area contributed by atoms with Crippen molar-refractivity contribution in [2.75, 3.05) is 5.32 Å². The van der Waals surface area contributed by atoms with Crippen LogP contribution >= 0.6 is 11.3 Å². The van der Waals surface area contributed by atoms with Crippen LogP contribution in [-0.2, 0) is 0 Å². The molecule has 2 aromatic heterocycles. The number of thiophene rings is 1. The fraction of sp³-hybridized carbons (Fsp3) is 0.125. The molecule has 0 saturated heterocycles. The van der Waals surface area contributed by atoms with E-state index in [1.165, 1.54) is 6.39 Å². The van der Waals surface area contributed by atoms with Crippen molar-refractivity contribution < 1.29 is 9.21 Å². The van der Waals surface area contributed by atoms with Gasteiger partial charge in [-0.2, -0.15) is 0 Å². The Balaban J connectivity index is 1.90. The molecule has 1 N–H and O–H groups in total. The molecule has 2 heterocycles. The molecule has 0 spiro atoms. The average molecular weight is 298 g/mol. The predicted octanol–water partition coefficient (Wildman–Crippen LogP) is 4.27. The van der Waals surface area contributed by atoms with E-state index in [2.05, 4.69) is 10.3 Å². The van der Waals surface area contributed by atoms with Crippen molar-refractivity contribution in [1.82, 2.24) is 4.98 Å². The van der Waals surface area contributed by atoms with Gasteiger partial charge in [-0.15, -0.1) is 11.3 Å². The third kappa shape index (κ3) is 2.73. The van der Waals surface area contributed by atoms with Crippen LogP contribution in [0.25, 0.3) is 10.6 Å². The molecule has 0 saturated carbocycles. The molecular weight excluding hydrogens is 284 g/mol. The Morgan fingerprint density at radius 1 is 1.19 bits per heavy atom. The molecule has 3 aromatic rings. The highest BCUT2D eigenvalue weighted by Crippen LogP contribution is 2.30. The van der Waals surface area contributed by atoms with E-state index >= 15 is 0 Å². The number of hydrogen-bond acceptors (Lipinski definition) is 4. The minimum atomic E-state index is -0.265. The summed E-state index contributed by atoms with van der Waals surface area (Å²) in [4.78, 5) is 18.5. The Morgan fingerprint density at radius 2 is 2.00 bits per heavy atom. The minimum absolute atomic E-state index is 0.265. The number of nitrogens with zero attached hydrogens (tertiary/aromatic N) is 1. The van der Waals surface area contributed by atoms with Gasteiger partial charge in [-0.1, -0.05) is 18.2 Å². The van der Waals surface area contributed by atoms with E-state index in [4.69, 9.17) is 4.42 Å². The van der Waals surface area contributed by atoms with Gasteiger partial charge in [0.2, 0.25) is 0 Å². The number of benzene rings is 1. The number of anilines is 1. The van der Waals surface area contributed by atoms with Crippen LogP contribution in [0.2, 0.25) is 0 Å². The fourth-order valence-corrected chi connectivity index (χ4v) is 2.89. The summed E-state index contributed by atoms with van der Waals surface area (Å²) in [6.07, 6.45) is 1.30. The van der Waals surface area contributed by atoms with Gasteiger partial charge in [0.25, 0.3) is 5.91 Å². The molecule has 0 aliphatic carbocycles. The molecule has 0 atom stereocenters. The lowest BCUT2D eigenvalue weighted by atomic mass is 10.2. The summed E-state index contributed by atoms with van der Waals surface area (Å²) in [6, 6.07) is 11.6. The number of aryl methyl sites for hydroxylation is 2. The van der Waals surface area contributed by atoms with Crippen LogP contribution in [0.4, 0.5) is 5.69 Å². The number of nitrogens with one attached hydrogen (secondary N) is 1. The van der Waals surface area contributed by atoms with Crippen LogP contribution in [-0.4, -0.2) is 10.9 Å². The Morgan fingerprint density at radius 3 is 2.71 bits per heavy atom. The van der Waals surface area contributed by atoms with Gasteiger partial charge < -0.3 is 9.73 Å². The highest BCUT2D eigenvalue weighted by Gasteiger charge is 2.19. The average Bonchev–Trinajstić information content (AvgIpc) is 3.09. The molecule has 4 nitrogen and oxygen atoms in total. The molecule has 21 heavy (non-hydrogen) atoms. The maximum atomic E-state index is 12.4. The molecule has 3 rings (SSSR count). The van der Waals surface area contributed by atoms with Crippen molar-refractivity contribution >= 4 is 22.9 Å². The molecule has 1 amide bonds. The molecule has 0 aliphatic rings. The van der Waals surface area contributed by atoms with Crippen molar-refractivity contribution in [3.63, 3.8) is 0 Å². The second kappa shape index (κ2) is 5.54. The standard InChI is InChI=1S/C16H14N2O2S/c1-10-5-3-4-6-12(10)18-16(19)14-15(20-9-17-14)13-8-7-11(2)21-13/h3-9H,1-2H3,(H,18,19). The van der Waals surface area contributed by atoms with E-state index in [1.807, 2.05) is 50.2 Å². The first-order valence-corrected chi connectivity index (χ1v) is 7.34. The van der Waals surface area contributed by atoms with Gasteiger partial charge in [-0.25, -0.2) is 4.98 Å². The first kappa shape index (κ1) is 13.6. The van der Waals surface area contributed by atoms with Crippen molar-refractivity contribution in [1.29, 1.82) is 0 Å². The number of aromatic nitrogens is 1. The minimum Gasteiger partial charge on any atom is -0.442 e. The SMILES string of the molecule is Cc1ccc(-c2ocnc2C(=O)Nc2ccccc2C)s1. The number of para-hydroxylation sites is 1. The predicted molar refractivity (Wildman–Crippen MR) is 83.7 cm³/mol. The number of oxazole rings is 1. The molecule has 5 heteroatoms. The smallest absolute Gasteiger partial charge is 0.278 e.